The molecule has 0 fully saturated rings. The van der Waals surface area contributed by atoms with Crippen LogP contribution in [-0.4, -0.2) is 25.1 Å². The van der Waals surface area contributed by atoms with Crippen molar-refractivity contribution in [1.82, 2.24) is 0 Å². The Kier molecular flexibility index (Phi) is 7.22. The number of nitrogens with one attached hydrogen (secondary N) is 1. The Morgan fingerprint density at radius 2 is 1.37 bits per heavy atom. The quantitative estimate of drug-likeness (QED) is 0.550. The van der Waals surface area contributed by atoms with Crippen LogP contribution in [0.15, 0.2) is 84.9 Å². The van der Waals surface area contributed by atoms with Crippen molar-refractivity contribution in [3.8, 4) is 5.75 Å². The molecule has 3 rings (SSSR count). The molecule has 154 valence electrons. The smallest absolute Gasteiger partial charge is 0.318 e. The van der Waals surface area contributed by atoms with E-state index in [0.717, 1.165) is 11.1 Å². The second kappa shape index (κ2) is 10.3. The minimum atomic E-state index is -0.894. The molecule has 3 aromatic rings. The molecule has 30 heavy (non-hydrogen) atoms. The van der Waals surface area contributed by atoms with Crippen LogP contribution in [-0.2, 0) is 14.3 Å². The van der Waals surface area contributed by atoms with Crippen molar-refractivity contribution >= 4 is 17.6 Å². The van der Waals surface area contributed by atoms with Crippen molar-refractivity contribution in [1.29, 1.82) is 0 Å². The SMILES string of the molecule is CC[C@H](OC(=O)C(c1ccccc1)c1ccccc1)C(=O)Nc1ccc(OC)cc1. The topological polar surface area (TPSA) is 64.6 Å². The number of amides is 1. The van der Waals surface area contributed by atoms with Gasteiger partial charge in [0.05, 0.1) is 7.11 Å². The van der Waals surface area contributed by atoms with Crippen LogP contribution in [0.3, 0.4) is 0 Å². The molecule has 3 aromatic carbocycles. The van der Waals surface area contributed by atoms with Gasteiger partial charge in [0.15, 0.2) is 6.10 Å². The molecule has 5 heteroatoms. The lowest BCUT2D eigenvalue weighted by Crippen LogP contribution is -2.34. The number of anilines is 1. The minimum absolute atomic E-state index is 0.365. The van der Waals surface area contributed by atoms with E-state index in [1.54, 1.807) is 31.4 Å². The monoisotopic (exact) mass is 403 g/mol. The fourth-order valence-corrected chi connectivity index (χ4v) is 3.18. The van der Waals surface area contributed by atoms with E-state index in [1.165, 1.54) is 0 Å². The van der Waals surface area contributed by atoms with Gasteiger partial charge in [0, 0.05) is 5.69 Å². The van der Waals surface area contributed by atoms with Crippen molar-refractivity contribution in [3.05, 3.63) is 96.1 Å². The summed E-state index contributed by atoms with van der Waals surface area (Å²) in [6.45, 7) is 1.81. The fourth-order valence-electron chi connectivity index (χ4n) is 3.18. The normalized spacial score (nSPS) is 11.6. The van der Waals surface area contributed by atoms with Crippen LogP contribution in [0.2, 0.25) is 0 Å². The van der Waals surface area contributed by atoms with Gasteiger partial charge in [0.1, 0.15) is 11.7 Å². The van der Waals surface area contributed by atoms with Gasteiger partial charge >= 0.3 is 5.97 Å². The maximum Gasteiger partial charge on any atom is 0.318 e. The van der Waals surface area contributed by atoms with E-state index >= 15 is 0 Å². The third-order valence-electron chi connectivity index (χ3n) is 4.78. The van der Waals surface area contributed by atoms with Crippen LogP contribution in [0.25, 0.3) is 0 Å². The maximum atomic E-state index is 13.1. The minimum Gasteiger partial charge on any atom is -0.497 e. The van der Waals surface area contributed by atoms with Crippen LogP contribution in [0.1, 0.15) is 30.4 Å². The van der Waals surface area contributed by atoms with E-state index in [1.807, 2.05) is 67.6 Å². The van der Waals surface area contributed by atoms with Crippen molar-refractivity contribution < 1.29 is 19.1 Å². The van der Waals surface area contributed by atoms with Crippen molar-refractivity contribution in [3.63, 3.8) is 0 Å². The molecule has 0 bridgehead atoms. The lowest BCUT2D eigenvalue weighted by Gasteiger charge is -2.21. The number of benzene rings is 3. The average molecular weight is 403 g/mol. The molecule has 1 N–H and O–H groups in total. The van der Waals surface area contributed by atoms with Gasteiger partial charge in [-0.05, 0) is 41.8 Å². The highest BCUT2D eigenvalue weighted by molar-refractivity contribution is 5.96. The number of rotatable bonds is 8. The molecule has 0 aromatic heterocycles. The zero-order valence-electron chi connectivity index (χ0n) is 17.1. The van der Waals surface area contributed by atoms with E-state index in [0.29, 0.717) is 17.9 Å². The van der Waals surface area contributed by atoms with Gasteiger partial charge in [-0.15, -0.1) is 0 Å². The number of ether oxygens (including phenoxy) is 2. The molecule has 0 saturated carbocycles. The Bertz CT molecular complexity index is 916. The Hall–Kier alpha value is -3.60. The summed E-state index contributed by atoms with van der Waals surface area (Å²) in [7, 11) is 1.58. The van der Waals surface area contributed by atoms with Crippen molar-refractivity contribution in [2.24, 2.45) is 0 Å². The molecule has 0 aliphatic rings. The number of carbonyl (C=O) groups excluding carboxylic acids is 2. The first-order valence-corrected chi connectivity index (χ1v) is 9.87. The van der Waals surface area contributed by atoms with E-state index in [2.05, 4.69) is 5.32 Å². The van der Waals surface area contributed by atoms with Gasteiger partial charge < -0.3 is 14.8 Å². The molecule has 0 aliphatic carbocycles. The maximum absolute atomic E-state index is 13.1. The Balaban J connectivity index is 1.76. The van der Waals surface area contributed by atoms with Crippen LogP contribution in [0.4, 0.5) is 5.69 Å². The van der Waals surface area contributed by atoms with Gasteiger partial charge in [-0.1, -0.05) is 67.6 Å². The summed E-state index contributed by atoms with van der Waals surface area (Å²) in [6.07, 6.45) is -0.529. The molecule has 5 nitrogen and oxygen atoms in total. The third kappa shape index (κ3) is 5.26. The number of methoxy groups -OCH3 is 1. The number of carbonyl (C=O) groups is 2. The van der Waals surface area contributed by atoms with Gasteiger partial charge in [0.25, 0.3) is 5.91 Å². The van der Waals surface area contributed by atoms with E-state index in [9.17, 15) is 9.59 Å². The molecule has 1 amide bonds. The van der Waals surface area contributed by atoms with Crippen LogP contribution in [0, 0.1) is 0 Å². The summed E-state index contributed by atoms with van der Waals surface area (Å²) in [5.41, 5.74) is 2.25. The summed E-state index contributed by atoms with van der Waals surface area (Å²) in [5, 5.41) is 2.80. The van der Waals surface area contributed by atoms with Gasteiger partial charge in [0.2, 0.25) is 0 Å². The number of hydrogen-bond acceptors (Lipinski definition) is 4. The van der Waals surface area contributed by atoms with Crippen molar-refractivity contribution in [2.45, 2.75) is 25.4 Å². The second-order valence-corrected chi connectivity index (χ2v) is 6.81. The molecule has 0 heterocycles. The van der Waals surface area contributed by atoms with E-state index < -0.39 is 18.0 Å². The number of hydrogen-bond donors (Lipinski definition) is 1. The number of esters is 1. The van der Waals surface area contributed by atoms with Gasteiger partial charge in [-0.25, -0.2) is 0 Å². The predicted octanol–water partition coefficient (Wildman–Crippen LogP) is 4.79. The third-order valence-corrected chi connectivity index (χ3v) is 4.78. The molecule has 0 spiro atoms. The molecule has 1 atom stereocenters. The summed E-state index contributed by atoms with van der Waals surface area (Å²) in [6, 6.07) is 25.8. The largest absolute Gasteiger partial charge is 0.497 e. The molecule has 0 saturated heterocycles. The summed E-state index contributed by atoms with van der Waals surface area (Å²) >= 11 is 0. The first-order valence-electron chi connectivity index (χ1n) is 9.87. The van der Waals surface area contributed by atoms with Gasteiger partial charge in [-0.2, -0.15) is 0 Å². The molecular formula is C25H25NO4. The van der Waals surface area contributed by atoms with Crippen LogP contribution >= 0.6 is 0 Å². The van der Waals surface area contributed by atoms with E-state index in [-0.39, 0.29) is 5.91 Å². The van der Waals surface area contributed by atoms with Gasteiger partial charge in [-0.3, -0.25) is 9.59 Å². The standard InChI is InChI=1S/C25H25NO4/c1-3-22(24(27)26-20-14-16-21(29-2)17-15-20)30-25(28)23(18-10-6-4-7-11-18)19-12-8-5-9-13-19/h4-17,22-23H,3H2,1-2H3,(H,26,27)/t22-/m0/s1. The zero-order chi connectivity index (χ0) is 21.3. The molecule has 0 unspecified atom stereocenters. The average Bonchev–Trinajstić information content (AvgIpc) is 2.79. The Morgan fingerprint density at radius 1 is 0.833 bits per heavy atom. The highest BCUT2D eigenvalue weighted by Crippen LogP contribution is 2.27. The highest BCUT2D eigenvalue weighted by atomic mass is 16.5. The Morgan fingerprint density at radius 3 is 1.83 bits per heavy atom. The summed E-state index contributed by atoms with van der Waals surface area (Å²) in [5.74, 6) is -0.727. The van der Waals surface area contributed by atoms with Crippen LogP contribution in [0.5, 0.6) is 5.75 Å². The van der Waals surface area contributed by atoms with Crippen LogP contribution < -0.4 is 10.1 Å². The molecule has 0 aliphatic heterocycles. The predicted molar refractivity (Wildman–Crippen MR) is 117 cm³/mol. The summed E-state index contributed by atoms with van der Waals surface area (Å²) in [4.78, 5) is 25.8. The first-order chi connectivity index (χ1) is 14.6. The molecular weight excluding hydrogens is 378 g/mol. The first kappa shape index (κ1) is 21.1. The second-order valence-electron chi connectivity index (χ2n) is 6.81. The highest BCUT2D eigenvalue weighted by Gasteiger charge is 2.29. The Labute approximate surface area is 176 Å². The zero-order valence-corrected chi connectivity index (χ0v) is 17.1. The fraction of sp³-hybridized carbons (Fsp3) is 0.200. The lowest BCUT2D eigenvalue weighted by molar-refractivity contribution is -0.155. The lowest BCUT2D eigenvalue weighted by atomic mass is 9.91. The van der Waals surface area contributed by atoms with E-state index in [4.69, 9.17) is 9.47 Å². The molecule has 0 radical (unpaired) electrons. The van der Waals surface area contributed by atoms with Crippen molar-refractivity contribution in [2.75, 3.05) is 12.4 Å². The summed E-state index contributed by atoms with van der Waals surface area (Å²) < 4.78 is 10.8.